The fourth-order valence-electron chi connectivity index (χ4n) is 2.42. The largest absolute Gasteiger partial charge is 0.329 e. The van der Waals surface area contributed by atoms with Crippen molar-refractivity contribution in [2.45, 2.75) is 45.3 Å². The molecule has 0 aromatic carbocycles. The number of nitrogens with zero attached hydrogens (tertiary/aromatic N) is 4. The van der Waals surface area contributed by atoms with Gasteiger partial charge >= 0.3 is 0 Å². The van der Waals surface area contributed by atoms with Crippen LogP contribution in [0.4, 0.5) is 14.7 Å². The van der Waals surface area contributed by atoms with E-state index in [-0.39, 0.29) is 18.6 Å². The fraction of sp³-hybridized carbons (Fsp3) is 0.692. The van der Waals surface area contributed by atoms with Crippen LogP contribution in [0, 0.1) is 0 Å². The summed E-state index contributed by atoms with van der Waals surface area (Å²) in [5.74, 6) is -2.15. The second kappa shape index (κ2) is 3.85. The zero-order valence-electron chi connectivity index (χ0n) is 11.5. The number of anilines is 1. The third-order valence-corrected chi connectivity index (χ3v) is 3.72. The van der Waals surface area contributed by atoms with Crippen molar-refractivity contribution in [1.29, 1.82) is 0 Å². The van der Waals surface area contributed by atoms with Crippen LogP contribution in [0.3, 0.4) is 0 Å². The van der Waals surface area contributed by atoms with Gasteiger partial charge in [-0.3, -0.25) is 4.90 Å². The summed E-state index contributed by atoms with van der Waals surface area (Å²) < 4.78 is 25.7. The van der Waals surface area contributed by atoms with Crippen molar-refractivity contribution in [3.63, 3.8) is 0 Å². The first-order chi connectivity index (χ1) is 8.74. The maximum atomic E-state index is 12.9. The number of aromatic nitrogens is 2. The predicted molar refractivity (Wildman–Crippen MR) is 68.2 cm³/mol. The second-order valence-corrected chi connectivity index (χ2v) is 6.38. The Hall–Kier alpha value is -1.30. The van der Waals surface area contributed by atoms with Gasteiger partial charge in [-0.25, -0.2) is 18.7 Å². The number of fused-ring (bicyclic) bond motifs is 1. The highest BCUT2D eigenvalue weighted by molar-refractivity contribution is 5.39. The molecule has 0 saturated carbocycles. The Morgan fingerprint density at radius 1 is 1.21 bits per heavy atom. The van der Waals surface area contributed by atoms with Crippen LogP contribution in [0.15, 0.2) is 6.20 Å². The lowest BCUT2D eigenvalue weighted by atomic mass is 10.1. The molecule has 0 spiro atoms. The molecule has 0 radical (unpaired) electrons. The fourth-order valence-corrected chi connectivity index (χ4v) is 2.42. The minimum absolute atomic E-state index is 0.0741. The zero-order chi connectivity index (χ0) is 13.8. The Kier molecular flexibility index (Phi) is 2.58. The summed E-state index contributed by atoms with van der Waals surface area (Å²) in [5.41, 5.74) is 2.14. The Morgan fingerprint density at radius 3 is 2.47 bits per heavy atom. The maximum absolute atomic E-state index is 12.9. The lowest BCUT2D eigenvalue weighted by Gasteiger charge is -2.38. The van der Waals surface area contributed by atoms with Gasteiger partial charge in [-0.1, -0.05) is 0 Å². The highest BCUT2D eigenvalue weighted by Crippen LogP contribution is 2.32. The molecule has 1 saturated heterocycles. The van der Waals surface area contributed by atoms with Crippen molar-refractivity contribution < 1.29 is 8.78 Å². The van der Waals surface area contributed by atoms with Gasteiger partial charge in [0.25, 0.3) is 5.92 Å². The highest BCUT2D eigenvalue weighted by atomic mass is 19.3. The average molecular weight is 268 g/mol. The Morgan fingerprint density at radius 2 is 1.89 bits per heavy atom. The van der Waals surface area contributed by atoms with Crippen LogP contribution in [0.2, 0.25) is 0 Å². The van der Waals surface area contributed by atoms with Gasteiger partial charge in [-0.05, 0) is 20.8 Å². The number of hydrogen-bond acceptors (Lipinski definition) is 4. The maximum Gasteiger partial charge on any atom is 0.282 e. The summed E-state index contributed by atoms with van der Waals surface area (Å²) in [4.78, 5) is 12.5. The van der Waals surface area contributed by atoms with Gasteiger partial charge in [0.2, 0.25) is 5.95 Å². The molecule has 19 heavy (non-hydrogen) atoms. The van der Waals surface area contributed by atoms with Crippen LogP contribution < -0.4 is 4.90 Å². The van der Waals surface area contributed by atoms with Crippen molar-refractivity contribution in [2.24, 2.45) is 0 Å². The molecule has 6 heteroatoms. The third kappa shape index (κ3) is 2.29. The number of halogens is 2. The number of rotatable bonds is 1. The van der Waals surface area contributed by atoms with E-state index in [1.54, 1.807) is 6.20 Å². The first-order valence-electron chi connectivity index (χ1n) is 6.47. The van der Waals surface area contributed by atoms with Crippen LogP contribution in [-0.2, 0) is 13.1 Å². The van der Waals surface area contributed by atoms with Gasteiger partial charge in [0.1, 0.15) is 0 Å². The Labute approximate surface area is 111 Å². The Bertz CT molecular complexity index is 502. The van der Waals surface area contributed by atoms with Gasteiger partial charge in [-0.15, -0.1) is 0 Å². The molecule has 2 aliphatic heterocycles. The first-order valence-corrected chi connectivity index (χ1v) is 6.47. The molecule has 0 bridgehead atoms. The van der Waals surface area contributed by atoms with Gasteiger partial charge in [0.05, 0.1) is 18.8 Å². The molecular weight excluding hydrogens is 250 g/mol. The standard InChI is InChI=1S/C13H18F2N4/c1-12(2,3)19-5-9-4-16-11(17-10(9)6-19)18-7-13(14,15)8-18/h4H,5-8H2,1-3H3. The van der Waals surface area contributed by atoms with Crippen molar-refractivity contribution in [1.82, 2.24) is 14.9 Å². The van der Waals surface area contributed by atoms with Gasteiger partial charge < -0.3 is 4.90 Å². The third-order valence-electron chi connectivity index (χ3n) is 3.72. The number of hydrogen-bond donors (Lipinski definition) is 0. The summed E-state index contributed by atoms with van der Waals surface area (Å²) in [5, 5.41) is 0. The van der Waals surface area contributed by atoms with Gasteiger partial charge in [0, 0.05) is 30.4 Å². The molecule has 2 aliphatic rings. The van der Waals surface area contributed by atoms with Gasteiger partial charge in [-0.2, -0.15) is 0 Å². The van der Waals surface area contributed by atoms with Gasteiger partial charge in [0.15, 0.2) is 0 Å². The first kappa shape index (κ1) is 12.7. The molecule has 4 nitrogen and oxygen atoms in total. The molecule has 0 unspecified atom stereocenters. The highest BCUT2D eigenvalue weighted by Gasteiger charge is 2.45. The van der Waals surface area contributed by atoms with E-state index in [4.69, 9.17) is 0 Å². The average Bonchev–Trinajstić information content (AvgIpc) is 2.67. The van der Waals surface area contributed by atoms with Crippen LogP contribution in [0.1, 0.15) is 32.0 Å². The van der Waals surface area contributed by atoms with Crippen LogP contribution >= 0.6 is 0 Å². The van der Waals surface area contributed by atoms with E-state index in [9.17, 15) is 8.78 Å². The summed E-state index contributed by atoms with van der Waals surface area (Å²) >= 11 is 0. The minimum atomic E-state index is -2.58. The molecule has 0 aliphatic carbocycles. The van der Waals surface area contributed by atoms with Crippen LogP contribution in [-0.4, -0.2) is 39.4 Å². The van der Waals surface area contributed by atoms with E-state index >= 15 is 0 Å². The molecule has 3 heterocycles. The van der Waals surface area contributed by atoms with Crippen molar-refractivity contribution in [3.05, 3.63) is 17.5 Å². The quantitative estimate of drug-likeness (QED) is 0.780. The molecule has 104 valence electrons. The summed E-state index contributed by atoms with van der Waals surface area (Å²) in [6.07, 6.45) is 1.78. The monoisotopic (exact) mass is 268 g/mol. The van der Waals surface area contributed by atoms with Crippen molar-refractivity contribution in [2.75, 3.05) is 18.0 Å². The van der Waals surface area contributed by atoms with E-state index in [0.717, 1.165) is 24.3 Å². The van der Waals surface area contributed by atoms with E-state index in [1.807, 2.05) is 0 Å². The molecule has 1 aromatic heterocycles. The van der Waals surface area contributed by atoms with Crippen molar-refractivity contribution >= 4 is 5.95 Å². The molecule has 0 atom stereocenters. The normalized spacial score (nSPS) is 22.3. The minimum Gasteiger partial charge on any atom is -0.329 e. The smallest absolute Gasteiger partial charge is 0.282 e. The topological polar surface area (TPSA) is 32.3 Å². The van der Waals surface area contributed by atoms with E-state index in [0.29, 0.717) is 5.95 Å². The number of alkyl halides is 2. The SMILES string of the molecule is CC(C)(C)N1Cc2cnc(N3CC(F)(F)C3)nc2C1. The molecule has 1 fully saturated rings. The molecule has 0 amide bonds. The molecule has 3 rings (SSSR count). The second-order valence-electron chi connectivity index (χ2n) is 6.38. The zero-order valence-corrected chi connectivity index (χ0v) is 11.5. The van der Waals surface area contributed by atoms with Crippen LogP contribution in [0.25, 0.3) is 0 Å². The summed E-state index contributed by atoms with van der Waals surface area (Å²) in [7, 11) is 0. The summed E-state index contributed by atoms with van der Waals surface area (Å²) in [6, 6.07) is 0. The lowest BCUT2D eigenvalue weighted by molar-refractivity contribution is -0.0272. The van der Waals surface area contributed by atoms with E-state index in [2.05, 4.69) is 35.6 Å². The van der Waals surface area contributed by atoms with E-state index in [1.165, 1.54) is 4.90 Å². The molecular formula is C13H18F2N4. The Balaban J connectivity index is 1.77. The van der Waals surface area contributed by atoms with Crippen molar-refractivity contribution in [3.8, 4) is 0 Å². The predicted octanol–water partition coefficient (Wildman–Crippen LogP) is 2.05. The molecule has 1 aromatic rings. The lowest BCUT2D eigenvalue weighted by Crippen LogP contribution is -2.57. The molecule has 0 N–H and O–H groups in total. The van der Waals surface area contributed by atoms with Crippen LogP contribution in [0.5, 0.6) is 0 Å². The van der Waals surface area contributed by atoms with E-state index < -0.39 is 5.92 Å². The summed E-state index contributed by atoms with van der Waals surface area (Å²) in [6.45, 7) is 7.52.